The lowest BCUT2D eigenvalue weighted by molar-refractivity contribution is 0.0705. The summed E-state index contributed by atoms with van der Waals surface area (Å²) in [5.41, 5.74) is 3.32. The van der Waals surface area contributed by atoms with Crippen molar-refractivity contribution in [1.29, 1.82) is 0 Å². The molecule has 0 bridgehead atoms. The molecule has 32 heavy (non-hydrogen) atoms. The van der Waals surface area contributed by atoms with Gasteiger partial charge < -0.3 is 15.5 Å². The van der Waals surface area contributed by atoms with Gasteiger partial charge in [0.25, 0.3) is 5.91 Å². The first kappa shape index (κ1) is 20.9. The van der Waals surface area contributed by atoms with Crippen LogP contribution in [0, 0.1) is 0 Å². The second-order valence-corrected chi connectivity index (χ2v) is 8.92. The first-order chi connectivity index (χ1) is 15.6. The Morgan fingerprint density at radius 3 is 2.28 bits per heavy atom. The number of rotatable bonds is 6. The molecule has 2 aliphatic rings. The van der Waals surface area contributed by atoms with Crippen molar-refractivity contribution in [2.75, 3.05) is 18.4 Å². The minimum absolute atomic E-state index is 0.0995. The van der Waals surface area contributed by atoms with E-state index in [0.717, 1.165) is 48.9 Å². The molecule has 1 aromatic heterocycles. The fourth-order valence-corrected chi connectivity index (χ4v) is 4.17. The van der Waals surface area contributed by atoms with Gasteiger partial charge in [-0.2, -0.15) is 0 Å². The van der Waals surface area contributed by atoms with Crippen LogP contribution in [0.15, 0.2) is 60.8 Å². The number of hydrogen-bond donors (Lipinski definition) is 2. The van der Waals surface area contributed by atoms with Gasteiger partial charge in [-0.25, -0.2) is 9.97 Å². The summed E-state index contributed by atoms with van der Waals surface area (Å²) in [6, 6.07) is 18.2. The number of piperidine rings is 1. The van der Waals surface area contributed by atoms with Crippen LogP contribution in [-0.4, -0.2) is 45.9 Å². The Morgan fingerprint density at radius 1 is 0.906 bits per heavy atom. The van der Waals surface area contributed by atoms with Gasteiger partial charge in [0.05, 0.1) is 5.69 Å². The zero-order valence-electron chi connectivity index (χ0n) is 17.8. The number of hydrogen-bond acceptors (Lipinski definition) is 5. The van der Waals surface area contributed by atoms with E-state index >= 15 is 0 Å². The first-order valence-corrected chi connectivity index (χ1v) is 11.5. The van der Waals surface area contributed by atoms with Crippen LogP contribution in [-0.2, 0) is 0 Å². The summed E-state index contributed by atoms with van der Waals surface area (Å²) >= 11 is 5.97. The summed E-state index contributed by atoms with van der Waals surface area (Å²) in [7, 11) is 0. The zero-order valence-corrected chi connectivity index (χ0v) is 18.6. The van der Waals surface area contributed by atoms with Gasteiger partial charge in [0.1, 0.15) is 0 Å². The van der Waals surface area contributed by atoms with Crippen molar-refractivity contribution in [3.63, 3.8) is 0 Å². The predicted molar refractivity (Wildman–Crippen MR) is 127 cm³/mol. The Hall–Kier alpha value is -2.96. The number of nitrogens with zero attached hydrogens (tertiary/aromatic N) is 3. The molecule has 0 spiro atoms. The largest absolute Gasteiger partial charge is 0.339 e. The van der Waals surface area contributed by atoms with Crippen molar-refractivity contribution in [2.24, 2.45) is 0 Å². The molecule has 0 unspecified atom stereocenters. The number of carbonyl (C=O) groups excluding carboxylic acids is 1. The first-order valence-electron chi connectivity index (χ1n) is 11.2. The second-order valence-electron chi connectivity index (χ2n) is 8.48. The number of likely N-dealkylation sites (tertiary alicyclic amines) is 1. The molecular formula is C25H26ClN5O. The minimum Gasteiger partial charge on any atom is -0.339 e. The van der Waals surface area contributed by atoms with Crippen molar-refractivity contribution in [1.82, 2.24) is 20.2 Å². The normalized spacial score (nSPS) is 16.7. The molecule has 3 aromatic rings. The third-order valence-electron chi connectivity index (χ3n) is 6.01. The smallest absolute Gasteiger partial charge is 0.253 e. The Bertz CT molecular complexity index is 1070. The van der Waals surface area contributed by atoms with Gasteiger partial charge in [-0.15, -0.1) is 0 Å². The van der Waals surface area contributed by atoms with Crippen LogP contribution in [0.25, 0.3) is 11.3 Å². The summed E-state index contributed by atoms with van der Waals surface area (Å²) < 4.78 is 0. The maximum atomic E-state index is 12.9. The summed E-state index contributed by atoms with van der Waals surface area (Å²) in [6.45, 7) is 1.63. The maximum absolute atomic E-state index is 12.9. The fourth-order valence-electron chi connectivity index (χ4n) is 4.04. The van der Waals surface area contributed by atoms with Gasteiger partial charge in [-0.3, -0.25) is 4.79 Å². The van der Waals surface area contributed by atoms with E-state index in [2.05, 4.69) is 20.6 Å². The van der Waals surface area contributed by atoms with Crippen LogP contribution < -0.4 is 10.6 Å². The van der Waals surface area contributed by atoms with E-state index in [1.54, 1.807) is 6.20 Å². The van der Waals surface area contributed by atoms with Gasteiger partial charge in [0.15, 0.2) is 0 Å². The minimum atomic E-state index is 0.0995. The van der Waals surface area contributed by atoms with Crippen LogP contribution in [0.3, 0.4) is 0 Å². The standard InChI is InChI=1S/C25H26ClN5O/c26-19-5-1-17(2-6-19)23-11-14-27-25(30-23)29-21-7-3-18(4-8-21)24(32)31-15-12-22(13-16-31)28-20-9-10-20/h1-8,11,14,20,22,28H,9-10,12-13,15-16H2,(H,27,29,30). The highest BCUT2D eigenvalue weighted by molar-refractivity contribution is 6.30. The summed E-state index contributed by atoms with van der Waals surface area (Å²) in [5, 5.41) is 7.58. The number of benzene rings is 2. The quantitative estimate of drug-likeness (QED) is 0.562. The molecule has 2 N–H and O–H groups in total. The van der Waals surface area contributed by atoms with E-state index in [0.29, 0.717) is 22.6 Å². The summed E-state index contributed by atoms with van der Waals surface area (Å²) in [6.07, 6.45) is 6.39. The number of halogens is 1. The van der Waals surface area contributed by atoms with Crippen molar-refractivity contribution < 1.29 is 4.79 Å². The molecule has 2 heterocycles. The SMILES string of the molecule is O=C(c1ccc(Nc2nccc(-c3ccc(Cl)cc3)n2)cc1)N1CCC(NC2CC2)CC1. The van der Waals surface area contributed by atoms with Gasteiger partial charge >= 0.3 is 0 Å². The van der Waals surface area contributed by atoms with Crippen molar-refractivity contribution in [2.45, 2.75) is 37.8 Å². The van der Waals surface area contributed by atoms with Gasteiger partial charge in [0, 0.05) is 53.2 Å². The predicted octanol–water partition coefficient (Wildman–Crippen LogP) is 4.90. The fraction of sp³-hybridized carbons (Fsp3) is 0.320. The Labute approximate surface area is 193 Å². The third-order valence-corrected chi connectivity index (χ3v) is 6.27. The molecule has 1 saturated carbocycles. The number of anilines is 2. The lowest BCUT2D eigenvalue weighted by Gasteiger charge is -2.32. The highest BCUT2D eigenvalue weighted by Crippen LogP contribution is 2.24. The average Bonchev–Trinajstić information content (AvgIpc) is 3.64. The molecule has 1 aliphatic heterocycles. The van der Waals surface area contributed by atoms with Crippen molar-refractivity contribution >= 4 is 29.1 Å². The number of amides is 1. The van der Waals surface area contributed by atoms with Crippen LogP contribution >= 0.6 is 11.6 Å². The number of nitrogens with one attached hydrogen (secondary N) is 2. The van der Waals surface area contributed by atoms with Gasteiger partial charge in [0.2, 0.25) is 5.95 Å². The molecule has 7 heteroatoms. The van der Waals surface area contributed by atoms with E-state index < -0.39 is 0 Å². The summed E-state index contributed by atoms with van der Waals surface area (Å²) in [4.78, 5) is 23.7. The van der Waals surface area contributed by atoms with Crippen LogP contribution in [0.1, 0.15) is 36.0 Å². The topological polar surface area (TPSA) is 70.2 Å². The van der Waals surface area contributed by atoms with Crippen molar-refractivity contribution in [3.05, 3.63) is 71.4 Å². The molecule has 1 saturated heterocycles. The zero-order chi connectivity index (χ0) is 21.9. The van der Waals surface area contributed by atoms with E-state index in [1.807, 2.05) is 59.5 Å². The van der Waals surface area contributed by atoms with E-state index in [9.17, 15) is 4.79 Å². The molecule has 0 radical (unpaired) electrons. The van der Waals surface area contributed by atoms with E-state index in [1.165, 1.54) is 12.8 Å². The monoisotopic (exact) mass is 447 g/mol. The van der Waals surface area contributed by atoms with E-state index in [-0.39, 0.29) is 5.91 Å². The average molecular weight is 448 g/mol. The molecule has 1 aliphatic carbocycles. The molecule has 2 aromatic carbocycles. The highest BCUT2D eigenvalue weighted by atomic mass is 35.5. The lowest BCUT2D eigenvalue weighted by Crippen LogP contribution is -2.45. The summed E-state index contributed by atoms with van der Waals surface area (Å²) in [5.74, 6) is 0.601. The Morgan fingerprint density at radius 2 is 1.59 bits per heavy atom. The van der Waals surface area contributed by atoms with Crippen molar-refractivity contribution in [3.8, 4) is 11.3 Å². The number of carbonyl (C=O) groups is 1. The molecule has 164 valence electrons. The second kappa shape index (κ2) is 9.27. The van der Waals surface area contributed by atoms with Gasteiger partial charge in [-0.1, -0.05) is 23.7 Å². The molecule has 2 fully saturated rings. The van der Waals surface area contributed by atoms with E-state index in [4.69, 9.17) is 11.6 Å². The third kappa shape index (κ3) is 5.09. The molecule has 1 amide bonds. The maximum Gasteiger partial charge on any atom is 0.253 e. The van der Waals surface area contributed by atoms with Crippen LogP contribution in [0.2, 0.25) is 5.02 Å². The molecule has 6 nitrogen and oxygen atoms in total. The molecule has 5 rings (SSSR count). The lowest BCUT2D eigenvalue weighted by atomic mass is 10.0. The Balaban J connectivity index is 1.20. The molecule has 0 atom stereocenters. The number of aromatic nitrogens is 2. The Kier molecular flexibility index (Phi) is 6.06. The molecular weight excluding hydrogens is 422 g/mol. The van der Waals surface area contributed by atoms with Crippen LogP contribution in [0.4, 0.5) is 11.6 Å². The van der Waals surface area contributed by atoms with Crippen LogP contribution in [0.5, 0.6) is 0 Å². The van der Waals surface area contributed by atoms with Gasteiger partial charge in [-0.05, 0) is 68.1 Å². The highest BCUT2D eigenvalue weighted by Gasteiger charge is 2.28.